The second-order valence-corrected chi connectivity index (χ2v) is 7.24. The Morgan fingerprint density at radius 3 is 2.23 bits per heavy atom. The van der Waals surface area contributed by atoms with Crippen molar-refractivity contribution >= 4 is 39.8 Å². The highest BCUT2D eigenvalue weighted by atomic mass is 32.1. The molecular weight excluding hydrogens is 410 g/mol. The molecule has 30 heavy (non-hydrogen) atoms. The molecule has 0 aliphatic rings. The van der Waals surface area contributed by atoms with Gasteiger partial charge in [0.25, 0.3) is 17.5 Å². The largest absolute Gasteiger partial charge is 0.462 e. The molecule has 0 saturated carbocycles. The lowest BCUT2D eigenvalue weighted by Crippen LogP contribution is -2.30. The molecule has 1 N–H and O–H groups in total. The first-order valence-corrected chi connectivity index (χ1v) is 10.2. The van der Waals surface area contributed by atoms with Gasteiger partial charge in [0, 0.05) is 30.8 Å². The third kappa shape index (κ3) is 4.82. The van der Waals surface area contributed by atoms with Crippen LogP contribution in [0.25, 0.3) is 0 Å². The fourth-order valence-corrected chi connectivity index (χ4v) is 3.98. The van der Waals surface area contributed by atoms with E-state index < -0.39 is 16.8 Å². The molecule has 0 bridgehead atoms. The van der Waals surface area contributed by atoms with Crippen molar-refractivity contribution in [3.63, 3.8) is 0 Å². The highest BCUT2D eigenvalue weighted by molar-refractivity contribution is 7.18. The van der Waals surface area contributed by atoms with Crippen LogP contribution in [0.15, 0.2) is 24.3 Å². The first-order valence-electron chi connectivity index (χ1n) is 9.40. The van der Waals surface area contributed by atoms with E-state index in [1.54, 1.807) is 18.7 Å². The third-order valence-corrected chi connectivity index (χ3v) is 5.63. The minimum Gasteiger partial charge on any atom is -0.462 e. The smallest absolute Gasteiger partial charge is 0.341 e. The van der Waals surface area contributed by atoms with Gasteiger partial charge in [-0.3, -0.25) is 19.7 Å². The van der Waals surface area contributed by atoms with Gasteiger partial charge in [0.1, 0.15) is 5.00 Å². The minimum absolute atomic E-state index is 0.132. The Morgan fingerprint density at radius 1 is 1.13 bits per heavy atom. The molecule has 10 heteroatoms. The molecule has 1 heterocycles. The standard InChI is InChI=1S/C20H23N3O6S/c1-5-22(6-2)19(25)16-12(4)15(20(26)29-7-3)18(30-16)21-17(24)13-8-10-14(11-9-13)23(27)28/h8-11H,5-7H2,1-4H3,(H,21,24). The number of nitrogens with one attached hydrogen (secondary N) is 1. The average Bonchev–Trinajstić information content (AvgIpc) is 3.04. The van der Waals surface area contributed by atoms with E-state index in [-0.39, 0.29) is 34.3 Å². The number of nitro benzene ring substituents is 1. The van der Waals surface area contributed by atoms with Crippen LogP contribution >= 0.6 is 11.3 Å². The second-order valence-electron chi connectivity index (χ2n) is 6.22. The Labute approximate surface area is 177 Å². The van der Waals surface area contributed by atoms with Gasteiger partial charge in [0.15, 0.2) is 0 Å². The molecule has 0 saturated heterocycles. The molecule has 2 amide bonds. The Balaban J connectivity index is 2.42. The van der Waals surface area contributed by atoms with Crippen LogP contribution in [0.1, 0.15) is 56.7 Å². The van der Waals surface area contributed by atoms with Crippen LogP contribution in [0, 0.1) is 17.0 Å². The number of hydrogen-bond acceptors (Lipinski definition) is 7. The molecule has 0 spiro atoms. The summed E-state index contributed by atoms with van der Waals surface area (Å²) in [5.74, 6) is -1.42. The third-order valence-electron chi connectivity index (χ3n) is 4.44. The zero-order valence-corrected chi connectivity index (χ0v) is 18.0. The van der Waals surface area contributed by atoms with Crippen molar-refractivity contribution < 1.29 is 24.0 Å². The number of carbonyl (C=O) groups is 3. The summed E-state index contributed by atoms with van der Waals surface area (Å²) in [6.45, 7) is 8.17. The molecular formula is C20H23N3O6S. The lowest BCUT2D eigenvalue weighted by atomic mass is 10.1. The number of rotatable bonds is 8. The number of benzene rings is 1. The van der Waals surface area contributed by atoms with E-state index in [1.807, 2.05) is 13.8 Å². The molecule has 160 valence electrons. The Hall–Kier alpha value is -3.27. The Kier molecular flexibility index (Phi) is 7.65. The summed E-state index contributed by atoms with van der Waals surface area (Å²) in [5.41, 5.74) is 0.609. The number of hydrogen-bond donors (Lipinski definition) is 1. The summed E-state index contributed by atoms with van der Waals surface area (Å²) in [7, 11) is 0. The number of carbonyl (C=O) groups excluding carboxylic acids is 3. The van der Waals surface area contributed by atoms with Crippen LogP contribution in [-0.4, -0.2) is 47.3 Å². The fourth-order valence-electron chi connectivity index (χ4n) is 2.82. The molecule has 0 radical (unpaired) electrons. The van der Waals surface area contributed by atoms with E-state index >= 15 is 0 Å². The van der Waals surface area contributed by atoms with Gasteiger partial charge < -0.3 is 15.0 Å². The van der Waals surface area contributed by atoms with Crippen molar-refractivity contribution in [3.8, 4) is 0 Å². The van der Waals surface area contributed by atoms with E-state index in [1.165, 1.54) is 24.3 Å². The van der Waals surface area contributed by atoms with Gasteiger partial charge in [-0.25, -0.2) is 4.79 Å². The van der Waals surface area contributed by atoms with Crippen molar-refractivity contribution in [2.24, 2.45) is 0 Å². The Bertz CT molecular complexity index is 964. The topological polar surface area (TPSA) is 119 Å². The number of amides is 2. The molecule has 0 unspecified atom stereocenters. The summed E-state index contributed by atoms with van der Waals surface area (Å²) in [5, 5.41) is 13.6. The Morgan fingerprint density at radius 2 is 1.73 bits per heavy atom. The van der Waals surface area contributed by atoms with Gasteiger partial charge in [0.05, 0.1) is 22.0 Å². The van der Waals surface area contributed by atoms with E-state index in [4.69, 9.17) is 4.74 Å². The van der Waals surface area contributed by atoms with Gasteiger partial charge >= 0.3 is 5.97 Å². The van der Waals surface area contributed by atoms with Crippen molar-refractivity contribution in [1.29, 1.82) is 0 Å². The van der Waals surface area contributed by atoms with Crippen LogP contribution in [0.2, 0.25) is 0 Å². The second kappa shape index (κ2) is 9.97. The molecule has 9 nitrogen and oxygen atoms in total. The van der Waals surface area contributed by atoms with E-state index in [0.29, 0.717) is 23.5 Å². The first-order chi connectivity index (χ1) is 14.2. The summed E-state index contributed by atoms with van der Waals surface area (Å²) < 4.78 is 5.10. The summed E-state index contributed by atoms with van der Waals surface area (Å²) in [6.07, 6.45) is 0. The molecule has 0 fully saturated rings. The maximum atomic E-state index is 12.8. The molecule has 1 aromatic carbocycles. The predicted molar refractivity (Wildman–Crippen MR) is 113 cm³/mol. The zero-order chi connectivity index (χ0) is 22.4. The van der Waals surface area contributed by atoms with Crippen LogP contribution in [0.3, 0.4) is 0 Å². The number of anilines is 1. The van der Waals surface area contributed by atoms with E-state index in [9.17, 15) is 24.5 Å². The quantitative estimate of drug-likeness (QED) is 0.383. The van der Waals surface area contributed by atoms with Gasteiger partial charge in [-0.1, -0.05) is 0 Å². The van der Waals surface area contributed by atoms with Crippen molar-refractivity contribution in [2.45, 2.75) is 27.7 Å². The normalized spacial score (nSPS) is 10.4. The predicted octanol–water partition coefficient (Wildman–Crippen LogP) is 3.88. The molecule has 2 aromatic rings. The molecule has 0 atom stereocenters. The minimum atomic E-state index is -0.635. The lowest BCUT2D eigenvalue weighted by Gasteiger charge is -2.18. The van der Waals surface area contributed by atoms with Gasteiger partial charge in [-0.2, -0.15) is 0 Å². The van der Waals surface area contributed by atoms with Gasteiger partial charge in [-0.15, -0.1) is 11.3 Å². The average molecular weight is 433 g/mol. The number of esters is 1. The SMILES string of the molecule is CCOC(=O)c1c(NC(=O)c2ccc([N+](=O)[O-])cc2)sc(C(=O)N(CC)CC)c1C. The van der Waals surface area contributed by atoms with Crippen molar-refractivity contribution in [3.05, 3.63) is 55.9 Å². The maximum absolute atomic E-state index is 12.8. The summed E-state index contributed by atoms with van der Waals surface area (Å²) >= 11 is 1.01. The number of ether oxygens (including phenoxy) is 1. The number of thiophene rings is 1. The first kappa shape index (κ1) is 23.0. The molecule has 2 rings (SSSR count). The van der Waals surface area contributed by atoms with Crippen LogP contribution in [0.5, 0.6) is 0 Å². The highest BCUT2D eigenvalue weighted by Gasteiger charge is 2.28. The van der Waals surface area contributed by atoms with Crippen LogP contribution < -0.4 is 5.32 Å². The van der Waals surface area contributed by atoms with Gasteiger partial charge in [-0.05, 0) is 45.4 Å². The number of non-ortho nitro benzene ring substituents is 1. The fraction of sp³-hybridized carbons (Fsp3) is 0.350. The van der Waals surface area contributed by atoms with Crippen molar-refractivity contribution in [1.82, 2.24) is 4.90 Å². The zero-order valence-electron chi connectivity index (χ0n) is 17.2. The molecule has 0 aliphatic carbocycles. The monoisotopic (exact) mass is 433 g/mol. The summed E-state index contributed by atoms with van der Waals surface area (Å²) in [4.78, 5) is 50.2. The van der Waals surface area contributed by atoms with E-state index in [2.05, 4.69) is 5.32 Å². The van der Waals surface area contributed by atoms with Gasteiger partial charge in [0.2, 0.25) is 0 Å². The molecule has 0 aliphatic heterocycles. The van der Waals surface area contributed by atoms with Crippen LogP contribution in [0.4, 0.5) is 10.7 Å². The van der Waals surface area contributed by atoms with Crippen LogP contribution in [-0.2, 0) is 4.74 Å². The number of nitro groups is 1. The lowest BCUT2D eigenvalue weighted by molar-refractivity contribution is -0.384. The van der Waals surface area contributed by atoms with Crippen molar-refractivity contribution in [2.75, 3.05) is 25.0 Å². The summed E-state index contributed by atoms with van der Waals surface area (Å²) in [6, 6.07) is 5.08. The molecule has 1 aromatic heterocycles. The van der Waals surface area contributed by atoms with E-state index in [0.717, 1.165) is 11.3 Å². The highest BCUT2D eigenvalue weighted by Crippen LogP contribution is 2.35. The maximum Gasteiger partial charge on any atom is 0.341 e. The number of nitrogens with zero attached hydrogens (tertiary/aromatic N) is 2.